The molecule has 2 aliphatic rings. The minimum Gasteiger partial charge on any atom is -0.456 e. The van der Waals surface area contributed by atoms with Crippen molar-refractivity contribution in [3.8, 4) is 50.2 Å². The average molecular weight is 891 g/mol. The Kier molecular flexibility index (Phi) is 8.28. The molecule has 11 aromatic carbocycles. The Morgan fingerprint density at radius 2 is 0.943 bits per heavy atom. The summed E-state index contributed by atoms with van der Waals surface area (Å²) < 4.78 is 8.82. The van der Waals surface area contributed by atoms with Gasteiger partial charge in [-0.1, -0.05) is 194 Å². The fourth-order valence-electron chi connectivity index (χ4n) is 12.3. The normalized spacial score (nSPS) is 14.3. The van der Waals surface area contributed by atoms with Crippen LogP contribution in [0.4, 0.5) is 17.1 Å². The number of nitrogens with zero attached hydrogens (tertiary/aromatic N) is 2. The Bertz CT molecular complexity index is 4270. The summed E-state index contributed by atoms with van der Waals surface area (Å²) in [5.74, 6) is 0. The molecule has 326 valence electrons. The first kappa shape index (κ1) is 38.9. The van der Waals surface area contributed by atoms with E-state index < -0.39 is 5.41 Å². The molecule has 1 atom stereocenters. The molecule has 0 saturated carbocycles. The zero-order chi connectivity index (χ0) is 45.9. The van der Waals surface area contributed by atoms with Gasteiger partial charge in [0, 0.05) is 38.4 Å². The highest BCUT2D eigenvalue weighted by Gasteiger charge is 2.51. The number of rotatable bonds is 6. The van der Waals surface area contributed by atoms with Crippen LogP contribution in [0, 0.1) is 0 Å². The second-order valence-electron chi connectivity index (χ2n) is 18.7. The van der Waals surface area contributed by atoms with E-state index in [9.17, 15) is 0 Å². The number of benzene rings is 11. The van der Waals surface area contributed by atoms with Crippen LogP contribution in [0.3, 0.4) is 0 Å². The third-order valence-electron chi connectivity index (χ3n) is 15.2. The van der Waals surface area contributed by atoms with E-state index in [1.54, 1.807) is 0 Å². The number of hydrogen-bond donors (Lipinski definition) is 0. The molecule has 1 unspecified atom stereocenters. The first-order chi connectivity index (χ1) is 34.7. The van der Waals surface area contributed by atoms with Crippen molar-refractivity contribution in [2.45, 2.75) is 5.41 Å². The lowest BCUT2D eigenvalue weighted by Crippen LogP contribution is -2.33. The molecule has 2 aromatic heterocycles. The minimum atomic E-state index is -0.595. The maximum absolute atomic E-state index is 6.30. The molecule has 3 heterocycles. The number of aromatic nitrogens is 1. The molecule has 0 saturated heterocycles. The van der Waals surface area contributed by atoms with Crippen LogP contribution in [0.15, 0.2) is 259 Å². The van der Waals surface area contributed by atoms with Crippen molar-refractivity contribution in [3.63, 3.8) is 0 Å². The quantitative estimate of drug-likeness (QED) is 0.166. The molecule has 70 heavy (non-hydrogen) atoms. The summed E-state index contributed by atoms with van der Waals surface area (Å²) >= 11 is 0. The van der Waals surface area contributed by atoms with Crippen molar-refractivity contribution in [1.82, 2.24) is 4.57 Å². The predicted octanol–water partition coefficient (Wildman–Crippen LogP) is 17.8. The Morgan fingerprint density at radius 3 is 1.86 bits per heavy atom. The predicted molar refractivity (Wildman–Crippen MR) is 290 cm³/mol. The van der Waals surface area contributed by atoms with Crippen molar-refractivity contribution in [2.75, 3.05) is 4.90 Å². The van der Waals surface area contributed by atoms with Crippen LogP contribution < -0.4 is 4.90 Å². The summed E-state index contributed by atoms with van der Waals surface area (Å²) in [6.07, 6.45) is 0. The van der Waals surface area contributed by atoms with Gasteiger partial charge < -0.3 is 13.9 Å². The standard InChI is InChI=1S/C67H42N2O/c1-2-18-43(19-3-1)44-20-14-22-47(40-44)49-24-5-10-33-59(49)68(48-23-15-21-45(41-48)46-38-39-64-54(42-46)51-26-7-13-37-63(51)70-64)62-36-17-31-57-65(62)53-27-4-8-29-55(53)67(57)56-30-9-12-35-61(56)69-60-34-11-6-25-50(60)52-28-16-32-58(67)66(52)69/h1-42H. The topological polar surface area (TPSA) is 21.3 Å². The van der Waals surface area contributed by atoms with Gasteiger partial charge >= 0.3 is 0 Å². The highest BCUT2D eigenvalue weighted by atomic mass is 16.3. The van der Waals surface area contributed by atoms with Crippen LogP contribution in [0.2, 0.25) is 0 Å². The van der Waals surface area contributed by atoms with Gasteiger partial charge in [-0.15, -0.1) is 0 Å². The van der Waals surface area contributed by atoms with Crippen LogP contribution in [-0.2, 0) is 5.41 Å². The van der Waals surface area contributed by atoms with E-state index in [2.05, 4.69) is 252 Å². The third kappa shape index (κ3) is 5.40. The first-order valence-electron chi connectivity index (χ1n) is 24.2. The number of para-hydroxylation sites is 5. The van der Waals surface area contributed by atoms with Crippen molar-refractivity contribution in [3.05, 3.63) is 277 Å². The molecule has 0 N–H and O–H groups in total. The van der Waals surface area contributed by atoms with Gasteiger partial charge in [0.1, 0.15) is 11.2 Å². The first-order valence-corrected chi connectivity index (χ1v) is 24.2. The highest BCUT2D eigenvalue weighted by molar-refractivity contribution is 6.13. The fourth-order valence-corrected chi connectivity index (χ4v) is 12.3. The lowest BCUT2D eigenvalue weighted by atomic mass is 9.65. The molecule has 1 aliphatic heterocycles. The van der Waals surface area contributed by atoms with Gasteiger partial charge in [-0.05, 0) is 116 Å². The smallest absolute Gasteiger partial charge is 0.135 e. The van der Waals surface area contributed by atoms with E-state index >= 15 is 0 Å². The van der Waals surface area contributed by atoms with Gasteiger partial charge in [0.15, 0.2) is 0 Å². The Morgan fingerprint density at radius 1 is 0.343 bits per heavy atom. The Hall–Kier alpha value is -9.18. The molecule has 13 aromatic rings. The van der Waals surface area contributed by atoms with Crippen LogP contribution in [0.1, 0.15) is 22.3 Å². The van der Waals surface area contributed by atoms with Gasteiger partial charge in [-0.3, -0.25) is 0 Å². The summed E-state index contributed by atoms with van der Waals surface area (Å²) in [7, 11) is 0. The van der Waals surface area contributed by atoms with Crippen molar-refractivity contribution >= 4 is 60.8 Å². The summed E-state index contributed by atoms with van der Waals surface area (Å²) in [6, 6.07) is 93.8. The summed E-state index contributed by atoms with van der Waals surface area (Å²) in [5.41, 5.74) is 22.8. The van der Waals surface area contributed by atoms with E-state index in [1.165, 1.54) is 72.0 Å². The van der Waals surface area contributed by atoms with Gasteiger partial charge in [0.05, 0.1) is 33.5 Å². The average Bonchev–Trinajstić information content (AvgIpc) is 4.08. The lowest BCUT2D eigenvalue weighted by Gasteiger charge is -2.39. The molecule has 0 bridgehead atoms. The van der Waals surface area contributed by atoms with Crippen molar-refractivity contribution in [2.24, 2.45) is 0 Å². The molecule has 1 aliphatic carbocycles. The summed E-state index contributed by atoms with van der Waals surface area (Å²) in [5, 5.41) is 4.78. The molecular formula is C67H42N2O. The van der Waals surface area contributed by atoms with Crippen molar-refractivity contribution in [1.29, 1.82) is 0 Å². The molecular weight excluding hydrogens is 849 g/mol. The maximum Gasteiger partial charge on any atom is 0.135 e. The second-order valence-corrected chi connectivity index (χ2v) is 18.7. The number of furan rings is 1. The van der Waals surface area contributed by atoms with E-state index in [1.807, 2.05) is 12.1 Å². The zero-order valence-electron chi connectivity index (χ0n) is 38.1. The largest absolute Gasteiger partial charge is 0.456 e. The highest BCUT2D eigenvalue weighted by Crippen LogP contribution is 2.63. The molecule has 1 spiro atoms. The summed E-state index contributed by atoms with van der Waals surface area (Å²) in [4.78, 5) is 2.53. The molecule has 3 nitrogen and oxygen atoms in total. The van der Waals surface area contributed by atoms with E-state index in [-0.39, 0.29) is 0 Å². The maximum atomic E-state index is 6.30. The molecule has 3 heteroatoms. The fraction of sp³-hybridized carbons (Fsp3) is 0.0149. The van der Waals surface area contributed by atoms with Gasteiger partial charge in [0.25, 0.3) is 0 Å². The Balaban J connectivity index is 1.01. The number of hydrogen-bond acceptors (Lipinski definition) is 2. The molecule has 0 amide bonds. The molecule has 0 fully saturated rings. The van der Waals surface area contributed by atoms with E-state index in [4.69, 9.17) is 4.42 Å². The van der Waals surface area contributed by atoms with E-state index in [0.29, 0.717) is 0 Å². The van der Waals surface area contributed by atoms with Gasteiger partial charge in [0.2, 0.25) is 0 Å². The van der Waals surface area contributed by atoms with Crippen LogP contribution in [0.5, 0.6) is 0 Å². The zero-order valence-corrected chi connectivity index (χ0v) is 38.1. The van der Waals surface area contributed by atoms with Gasteiger partial charge in [-0.2, -0.15) is 0 Å². The SMILES string of the molecule is c1ccc(-c2cccc(-c3ccccc3N(c3cccc(-c4ccc5oc6ccccc6c5c4)c3)c3cccc4c3-c3ccccc3C43c4ccccc4-n4c5ccccc5c5cccc3c54)c2)cc1. The number of fused-ring (bicyclic) bond motifs is 15. The minimum absolute atomic E-state index is 0.595. The van der Waals surface area contributed by atoms with Crippen LogP contribution in [-0.4, -0.2) is 4.57 Å². The van der Waals surface area contributed by atoms with Crippen LogP contribution in [0.25, 0.3) is 93.9 Å². The molecule has 0 radical (unpaired) electrons. The Labute approximate surface area is 405 Å². The van der Waals surface area contributed by atoms with E-state index in [0.717, 1.165) is 61.3 Å². The number of anilines is 3. The lowest BCUT2D eigenvalue weighted by molar-refractivity contribution is 0.669. The third-order valence-corrected chi connectivity index (χ3v) is 15.2. The van der Waals surface area contributed by atoms with Gasteiger partial charge in [-0.25, -0.2) is 0 Å². The monoisotopic (exact) mass is 890 g/mol. The summed E-state index contributed by atoms with van der Waals surface area (Å²) in [6.45, 7) is 0. The second kappa shape index (κ2) is 14.9. The van der Waals surface area contributed by atoms with Crippen LogP contribution >= 0.6 is 0 Å². The van der Waals surface area contributed by atoms with Crippen molar-refractivity contribution < 1.29 is 4.42 Å². The molecule has 15 rings (SSSR count).